The van der Waals surface area contributed by atoms with Crippen LogP contribution in [0.15, 0.2) is 42.5 Å². The minimum Gasteiger partial charge on any atom is -0.492 e. The van der Waals surface area contributed by atoms with Gasteiger partial charge in [-0.1, -0.05) is 44.2 Å². The van der Waals surface area contributed by atoms with Crippen LogP contribution in [0.5, 0.6) is 23.0 Å². The van der Waals surface area contributed by atoms with Crippen molar-refractivity contribution in [2.45, 2.75) is 52.1 Å². The van der Waals surface area contributed by atoms with Gasteiger partial charge in [0.15, 0.2) is 35.6 Å². The van der Waals surface area contributed by atoms with E-state index in [0.29, 0.717) is 60.8 Å². The number of hydrogen-bond acceptors (Lipinski definition) is 12. The number of benzene rings is 3. The summed E-state index contributed by atoms with van der Waals surface area (Å²) < 4.78 is 31.6. The van der Waals surface area contributed by atoms with E-state index >= 15 is 0 Å². The summed E-state index contributed by atoms with van der Waals surface area (Å²) in [5.41, 5.74) is 2.80. The molecule has 3 aromatic rings. The minimum atomic E-state index is -1.27. The number of carbonyl (C=O) groups excluding carboxylic acids is 4. The lowest BCUT2D eigenvalue weighted by Gasteiger charge is -2.24. The molecule has 0 radical (unpaired) electrons. The van der Waals surface area contributed by atoms with Crippen LogP contribution in [0.25, 0.3) is 0 Å². The Kier molecular flexibility index (Phi) is 11.9. The molecule has 2 aliphatic heterocycles. The number of carbonyl (C=O) groups is 4. The van der Waals surface area contributed by atoms with Crippen molar-refractivity contribution in [1.82, 2.24) is 0 Å². The van der Waals surface area contributed by atoms with Crippen molar-refractivity contribution < 1.29 is 57.8 Å². The molecule has 0 bridgehead atoms. The molecule has 0 aromatic heterocycles. The Morgan fingerprint density at radius 2 is 1.26 bits per heavy atom. The lowest BCUT2D eigenvalue weighted by atomic mass is 9.95. The number of ether oxygens (including phenoxy) is 6. The van der Waals surface area contributed by atoms with Gasteiger partial charge in [0.25, 0.3) is 0 Å². The van der Waals surface area contributed by atoms with E-state index in [1.165, 1.54) is 26.4 Å². The maximum absolute atomic E-state index is 12.0. The second-order valence-corrected chi connectivity index (χ2v) is 11.2. The number of rotatable bonds is 12. The van der Waals surface area contributed by atoms with Gasteiger partial charge in [0, 0.05) is 19.3 Å². The highest BCUT2D eigenvalue weighted by molar-refractivity contribution is 5.98. The van der Waals surface area contributed by atoms with Crippen LogP contribution in [0.1, 0.15) is 78.4 Å². The summed E-state index contributed by atoms with van der Waals surface area (Å²) in [6, 6.07) is 12.8. The van der Waals surface area contributed by atoms with E-state index in [0.717, 1.165) is 12.0 Å². The molecule has 2 atom stereocenters. The number of hydrogen-bond donors (Lipinski definition) is 2. The molecule has 2 N–H and O–H groups in total. The first kappa shape index (κ1) is 34.9. The SMILES string of the molecule is COc1c(OCCC(C)C)cc2c(c1C=O)CC(O)OC2=O.COc1c(OCCc2ccccc2)cc2c(c1C=O)CC(O)OC2=O. The van der Waals surface area contributed by atoms with E-state index in [1.54, 1.807) is 0 Å². The van der Waals surface area contributed by atoms with Crippen LogP contribution < -0.4 is 18.9 Å². The molecule has 0 saturated heterocycles. The van der Waals surface area contributed by atoms with E-state index < -0.39 is 24.5 Å². The molecule has 0 aliphatic carbocycles. The molecular formula is C35H38O12. The molecule has 2 heterocycles. The van der Waals surface area contributed by atoms with E-state index in [9.17, 15) is 29.4 Å². The van der Waals surface area contributed by atoms with E-state index in [-0.39, 0.29) is 46.6 Å². The largest absolute Gasteiger partial charge is 0.492 e. The molecule has 0 fully saturated rings. The number of esters is 2. The zero-order valence-electron chi connectivity index (χ0n) is 26.6. The number of fused-ring (bicyclic) bond motifs is 2. The second kappa shape index (κ2) is 16.1. The van der Waals surface area contributed by atoms with Crippen LogP contribution in [-0.2, 0) is 28.7 Å². The third kappa shape index (κ3) is 8.27. The van der Waals surface area contributed by atoms with Crippen molar-refractivity contribution in [3.8, 4) is 23.0 Å². The third-order valence-electron chi connectivity index (χ3n) is 7.56. The molecule has 0 amide bonds. The number of aliphatic hydroxyl groups is 2. The summed E-state index contributed by atoms with van der Waals surface area (Å²) in [7, 11) is 2.86. The molecule has 5 rings (SSSR count). The van der Waals surface area contributed by atoms with Crippen LogP contribution in [0.4, 0.5) is 0 Å². The monoisotopic (exact) mass is 650 g/mol. The fraction of sp³-hybridized carbons (Fsp3) is 0.371. The maximum Gasteiger partial charge on any atom is 0.340 e. The second-order valence-electron chi connectivity index (χ2n) is 11.2. The van der Waals surface area contributed by atoms with Gasteiger partial charge in [0.05, 0.1) is 49.7 Å². The average molecular weight is 651 g/mol. The van der Waals surface area contributed by atoms with Crippen molar-refractivity contribution in [1.29, 1.82) is 0 Å². The molecule has 47 heavy (non-hydrogen) atoms. The van der Waals surface area contributed by atoms with Gasteiger partial charge in [-0.2, -0.15) is 0 Å². The number of methoxy groups -OCH3 is 2. The zero-order chi connectivity index (χ0) is 34.1. The Balaban J connectivity index is 0.000000215. The normalized spacial score (nSPS) is 16.4. The Morgan fingerprint density at radius 3 is 1.68 bits per heavy atom. The number of aliphatic hydroxyl groups excluding tert-OH is 2. The van der Waals surface area contributed by atoms with E-state index in [2.05, 4.69) is 13.8 Å². The first-order chi connectivity index (χ1) is 22.6. The van der Waals surface area contributed by atoms with Gasteiger partial charge in [-0.3, -0.25) is 9.59 Å². The highest BCUT2D eigenvalue weighted by atomic mass is 16.6. The van der Waals surface area contributed by atoms with Gasteiger partial charge >= 0.3 is 11.9 Å². The van der Waals surface area contributed by atoms with Gasteiger partial charge in [0.2, 0.25) is 12.6 Å². The molecule has 3 aromatic carbocycles. The molecule has 0 saturated carbocycles. The van der Waals surface area contributed by atoms with Gasteiger partial charge in [-0.15, -0.1) is 0 Å². The first-order valence-corrected chi connectivity index (χ1v) is 15.1. The number of aldehydes is 2. The maximum atomic E-state index is 12.0. The van der Waals surface area contributed by atoms with Crippen molar-refractivity contribution >= 4 is 24.5 Å². The van der Waals surface area contributed by atoms with Crippen LogP contribution in [0.2, 0.25) is 0 Å². The van der Waals surface area contributed by atoms with Crippen molar-refractivity contribution in [3.63, 3.8) is 0 Å². The smallest absolute Gasteiger partial charge is 0.340 e. The summed E-state index contributed by atoms with van der Waals surface area (Å²) in [4.78, 5) is 46.9. The Bertz CT molecular complexity index is 1600. The van der Waals surface area contributed by atoms with Gasteiger partial charge in [-0.05, 0) is 41.2 Å². The molecular weight excluding hydrogens is 612 g/mol. The Labute approximate surface area is 272 Å². The summed E-state index contributed by atoms with van der Waals surface area (Å²) in [5, 5.41) is 19.2. The Hall–Kier alpha value is -4.94. The predicted octanol–water partition coefficient (Wildman–Crippen LogP) is 4.12. The molecule has 2 aliphatic rings. The molecule has 2 unspecified atom stereocenters. The molecule has 250 valence electrons. The lowest BCUT2D eigenvalue weighted by Crippen LogP contribution is -2.28. The summed E-state index contributed by atoms with van der Waals surface area (Å²) in [6.45, 7) is 4.95. The third-order valence-corrected chi connectivity index (χ3v) is 7.56. The molecule has 12 nitrogen and oxygen atoms in total. The number of cyclic esters (lactones) is 2. The Morgan fingerprint density at radius 1 is 0.787 bits per heavy atom. The summed E-state index contributed by atoms with van der Waals surface area (Å²) in [6.07, 6.45) is 0.281. The standard InChI is InChI=1S/C19H18O6.C16H20O6/c1-23-18-15(11-20)13-10-17(21)25-19(22)14(13)9-16(18)24-8-7-12-5-3-2-4-6-12;1-9(2)4-5-21-13-6-11-10(7-14(18)22-16(11)19)12(8-17)15(13)20-3/h2-6,9,11,17,21H,7-8,10H2,1H3;6,8-9,14,18H,4-5,7H2,1-3H3. The topological polar surface area (TPSA) is 164 Å². The quantitative estimate of drug-likeness (QED) is 0.213. The van der Waals surface area contributed by atoms with Gasteiger partial charge in [-0.25, -0.2) is 9.59 Å². The van der Waals surface area contributed by atoms with Crippen molar-refractivity contribution in [2.75, 3.05) is 27.4 Å². The first-order valence-electron chi connectivity index (χ1n) is 15.1. The summed E-state index contributed by atoms with van der Waals surface area (Å²) >= 11 is 0. The van der Waals surface area contributed by atoms with Crippen LogP contribution in [-0.4, -0.2) is 74.7 Å². The van der Waals surface area contributed by atoms with Crippen molar-refractivity contribution in [2.24, 2.45) is 5.92 Å². The zero-order valence-corrected chi connectivity index (χ0v) is 26.6. The van der Waals surface area contributed by atoms with E-state index in [4.69, 9.17) is 28.4 Å². The average Bonchev–Trinajstić information content (AvgIpc) is 3.04. The van der Waals surface area contributed by atoms with Crippen LogP contribution >= 0.6 is 0 Å². The predicted molar refractivity (Wildman–Crippen MR) is 168 cm³/mol. The minimum absolute atomic E-state index is 0.0375. The highest BCUT2D eigenvalue weighted by Crippen LogP contribution is 2.39. The lowest BCUT2D eigenvalue weighted by molar-refractivity contribution is -0.0699. The molecule has 0 spiro atoms. The van der Waals surface area contributed by atoms with Gasteiger partial charge in [0.1, 0.15) is 0 Å². The highest BCUT2D eigenvalue weighted by Gasteiger charge is 2.32. The van der Waals surface area contributed by atoms with E-state index in [1.807, 2.05) is 30.3 Å². The van der Waals surface area contributed by atoms with Crippen LogP contribution in [0.3, 0.4) is 0 Å². The van der Waals surface area contributed by atoms with Gasteiger partial charge < -0.3 is 38.6 Å². The molecule has 12 heteroatoms. The fourth-order valence-corrected chi connectivity index (χ4v) is 5.22. The summed E-state index contributed by atoms with van der Waals surface area (Å²) in [5.74, 6) is 0.267. The van der Waals surface area contributed by atoms with Crippen molar-refractivity contribution in [3.05, 3.63) is 81.4 Å². The van der Waals surface area contributed by atoms with Crippen LogP contribution in [0, 0.1) is 5.92 Å². The fourth-order valence-electron chi connectivity index (χ4n) is 5.22.